The summed E-state index contributed by atoms with van der Waals surface area (Å²) >= 11 is 0. The van der Waals surface area contributed by atoms with Crippen LogP contribution in [-0.2, 0) is 9.53 Å². The lowest BCUT2D eigenvalue weighted by molar-refractivity contribution is -0.887. The number of esters is 1. The highest BCUT2D eigenvalue weighted by Crippen LogP contribution is 2.17. The lowest BCUT2D eigenvalue weighted by atomic mass is 10.0. The van der Waals surface area contributed by atoms with Crippen molar-refractivity contribution in [1.82, 2.24) is 0 Å². The summed E-state index contributed by atoms with van der Waals surface area (Å²) in [5.74, 6) is -0.00553. The van der Waals surface area contributed by atoms with E-state index < -0.39 is 0 Å². The van der Waals surface area contributed by atoms with E-state index in [-0.39, 0.29) is 12.0 Å². The number of unbranched alkanes of at least 4 members (excludes halogenated alkanes) is 12. The zero-order valence-electron chi connectivity index (χ0n) is 18.7. The van der Waals surface area contributed by atoms with Crippen LogP contribution in [-0.4, -0.2) is 44.2 Å². The number of ether oxygens (including phenoxy) is 1. The van der Waals surface area contributed by atoms with E-state index in [1.807, 2.05) is 0 Å². The van der Waals surface area contributed by atoms with E-state index in [1.165, 1.54) is 70.6 Å². The first kappa shape index (κ1) is 25.4. The molecule has 0 N–H and O–H groups in total. The minimum absolute atomic E-state index is 0.00553. The number of likely N-dealkylation sites (N-methyl/N-ethyl adjacent to an activating group) is 1. The van der Waals surface area contributed by atoms with E-state index in [0.717, 1.165) is 25.7 Å². The van der Waals surface area contributed by atoms with E-state index in [9.17, 15) is 4.79 Å². The molecule has 0 spiro atoms. The Balaban J connectivity index is 3.72. The van der Waals surface area contributed by atoms with Gasteiger partial charge >= 0.3 is 5.97 Å². The number of carbonyl (C=O) groups is 1. The van der Waals surface area contributed by atoms with Crippen LogP contribution < -0.4 is 0 Å². The molecule has 0 aliphatic rings. The highest BCUT2D eigenvalue weighted by molar-refractivity contribution is 5.74. The third kappa shape index (κ3) is 14.6. The normalized spacial score (nSPS) is 13.0. The summed E-state index contributed by atoms with van der Waals surface area (Å²) < 4.78 is 6.14. The number of nitrogens with zero attached hydrogens (tertiary/aromatic N) is 1. The van der Waals surface area contributed by atoms with Gasteiger partial charge in [-0.3, -0.25) is 0 Å². The van der Waals surface area contributed by atoms with E-state index in [4.69, 9.17) is 4.74 Å². The Morgan fingerprint density at radius 1 is 0.692 bits per heavy atom. The summed E-state index contributed by atoms with van der Waals surface area (Å²) in [5.41, 5.74) is 0. The van der Waals surface area contributed by atoms with Crippen molar-refractivity contribution in [2.24, 2.45) is 0 Å². The molecule has 0 aromatic carbocycles. The van der Waals surface area contributed by atoms with Gasteiger partial charge in [0.1, 0.15) is 0 Å². The molecule has 0 radical (unpaired) electrons. The molecule has 0 heterocycles. The Hall–Kier alpha value is -0.570. The van der Waals surface area contributed by atoms with Gasteiger partial charge in [-0.25, -0.2) is 4.79 Å². The van der Waals surface area contributed by atoms with Crippen LogP contribution in [0.15, 0.2) is 0 Å². The van der Waals surface area contributed by atoms with Crippen LogP contribution in [0.25, 0.3) is 0 Å². The van der Waals surface area contributed by atoms with Crippen molar-refractivity contribution >= 4 is 5.97 Å². The van der Waals surface area contributed by atoms with Gasteiger partial charge in [-0.15, -0.1) is 0 Å². The van der Waals surface area contributed by atoms with E-state index in [2.05, 4.69) is 35.0 Å². The molecule has 0 saturated carbocycles. The first-order valence-corrected chi connectivity index (χ1v) is 11.4. The Bertz CT molecular complexity index is 323. The predicted octanol–water partition coefficient (Wildman–Crippen LogP) is 6.50. The second-order valence-electron chi connectivity index (χ2n) is 8.83. The van der Waals surface area contributed by atoms with Crippen LogP contribution in [0.4, 0.5) is 0 Å². The molecule has 0 aliphatic carbocycles. The molecule has 1 atom stereocenters. The van der Waals surface area contributed by atoms with Crippen molar-refractivity contribution in [2.45, 2.75) is 116 Å². The average molecular weight is 371 g/mol. The van der Waals surface area contributed by atoms with Gasteiger partial charge in [0.15, 0.2) is 6.04 Å². The summed E-state index contributed by atoms with van der Waals surface area (Å²) in [6.07, 6.45) is 19.2. The molecule has 0 saturated heterocycles. The van der Waals surface area contributed by atoms with Gasteiger partial charge in [-0.05, 0) is 12.8 Å². The summed E-state index contributed by atoms with van der Waals surface area (Å²) in [6.45, 7) is 4.97. The van der Waals surface area contributed by atoms with Crippen molar-refractivity contribution in [1.29, 1.82) is 0 Å². The van der Waals surface area contributed by atoms with Crippen molar-refractivity contribution in [2.75, 3.05) is 27.7 Å². The molecule has 0 amide bonds. The van der Waals surface area contributed by atoms with Crippen LogP contribution in [0.5, 0.6) is 0 Å². The number of hydrogen-bond donors (Lipinski definition) is 0. The van der Waals surface area contributed by atoms with Gasteiger partial charge in [-0.2, -0.15) is 0 Å². The molecule has 26 heavy (non-hydrogen) atoms. The zero-order valence-corrected chi connectivity index (χ0v) is 18.7. The van der Waals surface area contributed by atoms with Crippen LogP contribution >= 0.6 is 0 Å². The fourth-order valence-corrected chi connectivity index (χ4v) is 3.41. The third-order valence-electron chi connectivity index (χ3n) is 5.28. The average Bonchev–Trinajstić information content (AvgIpc) is 2.58. The summed E-state index contributed by atoms with van der Waals surface area (Å²) in [4.78, 5) is 12.4. The molecule has 0 aliphatic heterocycles. The summed E-state index contributed by atoms with van der Waals surface area (Å²) in [5, 5.41) is 0. The van der Waals surface area contributed by atoms with Crippen LogP contribution in [0, 0.1) is 0 Å². The van der Waals surface area contributed by atoms with Gasteiger partial charge in [0.2, 0.25) is 0 Å². The molecule has 0 rings (SSSR count). The Morgan fingerprint density at radius 2 is 1.12 bits per heavy atom. The molecule has 0 bridgehead atoms. The molecule has 0 aromatic heterocycles. The molecule has 0 unspecified atom stereocenters. The van der Waals surface area contributed by atoms with E-state index >= 15 is 0 Å². The van der Waals surface area contributed by atoms with Crippen LogP contribution in [0.1, 0.15) is 110 Å². The quantitative estimate of drug-likeness (QED) is 0.156. The van der Waals surface area contributed by atoms with Crippen molar-refractivity contribution < 1.29 is 14.0 Å². The zero-order chi connectivity index (χ0) is 19.7. The molecule has 0 fully saturated rings. The highest BCUT2D eigenvalue weighted by Gasteiger charge is 2.32. The first-order chi connectivity index (χ1) is 12.4. The maximum absolute atomic E-state index is 12.4. The maximum atomic E-state index is 12.4. The van der Waals surface area contributed by atoms with E-state index in [1.54, 1.807) is 0 Å². The Labute approximate surface area is 164 Å². The fraction of sp³-hybridized carbons (Fsp3) is 0.957. The highest BCUT2D eigenvalue weighted by atomic mass is 16.5. The van der Waals surface area contributed by atoms with Crippen molar-refractivity contribution in [3.8, 4) is 0 Å². The van der Waals surface area contributed by atoms with E-state index in [0.29, 0.717) is 11.1 Å². The minimum Gasteiger partial charge on any atom is -0.461 e. The van der Waals surface area contributed by atoms with Crippen molar-refractivity contribution in [3.05, 3.63) is 0 Å². The topological polar surface area (TPSA) is 26.3 Å². The maximum Gasteiger partial charge on any atom is 0.364 e. The molecule has 3 heteroatoms. The van der Waals surface area contributed by atoms with Gasteiger partial charge in [0, 0.05) is 6.42 Å². The molecular weight excluding hydrogens is 322 g/mol. The van der Waals surface area contributed by atoms with Gasteiger partial charge < -0.3 is 9.22 Å². The number of rotatable bonds is 18. The van der Waals surface area contributed by atoms with Crippen molar-refractivity contribution in [3.63, 3.8) is 0 Å². The number of carbonyl (C=O) groups excluding carboxylic acids is 1. The number of hydrogen-bond acceptors (Lipinski definition) is 2. The predicted molar refractivity (Wildman–Crippen MR) is 113 cm³/mol. The van der Waals surface area contributed by atoms with Gasteiger partial charge in [-0.1, -0.05) is 90.9 Å². The Kier molecular flexibility index (Phi) is 16.2. The third-order valence-corrected chi connectivity index (χ3v) is 5.28. The summed E-state index contributed by atoms with van der Waals surface area (Å²) in [7, 11) is 6.31. The van der Waals surface area contributed by atoms with Crippen LogP contribution in [0.3, 0.4) is 0 Å². The number of quaternary nitrogens is 1. The standard InChI is InChI=1S/C23H48NO2/c1-6-8-10-11-12-13-14-15-16-17-18-19-20-22(24(3,4)5)23(25)26-21-9-7-2/h22H,6-21H2,1-5H3/q+1/t22-/m1/s1. The summed E-state index contributed by atoms with van der Waals surface area (Å²) in [6, 6.07) is -0.0185. The largest absolute Gasteiger partial charge is 0.461 e. The fourth-order valence-electron chi connectivity index (χ4n) is 3.41. The molecular formula is C23H48NO2+. The minimum atomic E-state index is -0.0185. The van der Waals surface area contributed by atoms with Gasteiger partial charge in [0.25, 0.3) is 0 Å². The second-order valence-corrected chi connectivity index (χ2v) is 8.83. The monoisotopic (exact) mass is 370 g/mol. The first-order valence-electron chi connectivity index (χ1n) is 11.4. The smallest absolute Gasteiger partial charge is 0.364 e. The van der Waals surface area contributed by atoms with Crippen LogP contribution in [0.2, 0.25) is 0 Å². The molecule has 0 aromatic rings. The molecule has 156 valence electrons. The Morgan fingerprint density at radius 3 is 1.54 bits per heavy atom. The SMILES string of the molecule is CCCCCCCCCCCCCC[C@H](C(=O)OCCCC)[N+](C)(C)C. The van der Waals surface area contributed by atoms with Gasteiger partial charge in [0.05, 0.1) is 27.7 Å². The lowest BCUT2D eigenvalue weighted by Gasteiger charge is -2.32. The molecule has 3 nitrogen and oxygen atoms in total. The lowest BCUT2D eigenvalue weighted by Crippen LogP contribution is -2.50. The second kappa shape index (κ2) is 16.6.